The fourth-order valence-electron chi connectivity index (χ4n) is 2.83. The topological polar surface area (TPSA) is 86.8 Å². The van der Waals surface area contributed by atoms with Crippen molar-refractivity contribution in [1.29, 1.82) is 0 Å². The number of hydrogen-bond acceptors (Lipinski definition) is 5. The summed E-state index contributed by atoms with van der Waals surface area (Å²) >= 11 is 1.13. The molecule has 27 heavy (non-hydrogen) atoms. The van der Waals surface area contributed by atoms with Crippen molar-refractivity contribution in [3.05, 3.63) is 47.3 Å². The number of anilines is 1. The first-order valence-corrected chi connectivity index (χ1v) is 10.7. The van der Waals surface area contributed by atoms with Crippen molar-refractivity contribution in [3.63, 3.8) is 0 Å². The van der Waals surface area contributed by atoms with E-state index in [0.29, 0.717) is 6.54 Å². The third kappa shape index (κ3) is 4.20. The number of carbonyl (C=O) groups is 2. The van der Waals surface area contributed by atoms with Gasteiger partial charge in [0.1, 0.15) is 4.21 Å². The number of amides is 2. The Balaban J connectivity index is 1.59. The molecule has 144 valence electrons. The Labute approximate surface area is 162 Å². The highest BCUT2D eigenvalue weighted by Crippen LogP contribution is 2.26. The predicted molar refractivity (Wildman–Crippen MR) is 104 cm³/mol. The lowest BCUT2D eigenvalue weighted by Gasteiger charge is -2.16. The van der Waals surface area contributed by atoms with Crippen LogP contribution in [0.5, 0.6) is 0 Å². The molecule has 0 unspecified atom stereocenters. The molecule has 1 N–H and O–H groups in total. The highest BCUT2D eigenvalue weighted by molar-refractivity contribution is 7.91. The van der Waals surface area contributed by atoms with Crippen molar-refractivity contribution >= 4 is 38.9 Å². The maximum atomic E-state index is 12.4. The molecule has 2 heterocycles. The number of rotatable bonds is 6. The summed E-state index contributed by atoms with van der Waals surface area (Å²) in [5, 5.41) is 2.81. The Bertz CT molecular complexity index is 939. The Morgan fingerprint density at radius 1 is 1.22 bits per heavy atom. The summed E-state index contributed by atoms with van der Waals surface area (Å²) in [6.07, 6.45) is 0.172. The van der Waals surface area contributed by atoms with E-state index < -0.39 is 15.9 Å². The number of sulfonamides is 1. The molecule has 3 rings (SSSR count). The molecular weight excluding hydrogens is 386 g/mol. The zero-order valence-electron chi connectivity index (χ0n) is 15.1. The van der Waals surface area contributed by atoms with Crippen LogP contribution in [0.15, 0.2) is 46.7 Å². The summed E-state index contributed by atoms with van der Waals surface area (Å²) in [7, 11) is -0.511. The van der Waals surface area contributed by atoms with Crippen LogP contribution in [-0.4, -0.2) is 45.2 Å². The zero-order chi connectivity index (χ0) is 19.6. The number of nitrogens with zero attached hydrogens (tertiary/aromatic N) is 2. The molecule has 0 aliphatic carbocycles. The lowest BCUT2D eigenvalue weighted by molar-refractivity contribution is -0.126. The number of benzene rings is 1. The van der Waals surface area contributed by atoms with Crippen molar-refractivity contribution in [1.82, 2.24) is 9.62 Å². The van der Waals surface area contributed by atoms with Crippen molar-refractivity contribution in [3.8, 4) is 0 Å². The molecule has 1 fully saturated rings. The van der Waals surface area contributed by atoms with Gasteiger partial charge in [-0.2, -0.15) is 0 Å². The largest absolute Gasteiger partial charge is 0.351 e. The second-order valence-electron chi connectivity index (χ2n) is 6.47. The molecular formula is C18H21N3O4S2. The minimum atomic E-state index is -3.47. The van der Waals surface area contributed by atoms with Gasteiger partial charge in [0.05, 0.1) is 12.5 Å². The summed E-state index contributed by atoms with van der Waals surface area (Å²) in [6.45, 7) is 0.585. The molecule has 0 spiro atoms. The van der Waals surface area contributed by atoms with Crippen LogP contribution in [0.4, 0.5) is 5.69 Å². The third-order valence-corrected chi connectivity index (χ3v) is 7.74. The van der Waals surface area contributed by atoms with Gasteiger partial charge in [0.2, 0.25) is 11.8 Å². The van der Waals surface area contributed by atoms with Gasteiger partial charge < -0.3 is 10.2 Å². The van der Waals surface area contributed by atoms with E-state index in [0.717, 1.165) is 26.2 Å². The SMILES string of the molecule is CN(C)S(=O)(=O)c1ccc(CNC(=O)[C@H]2CC(=O)N(c3ccccc3)C2)s1. The Kier molecular flexibility index (Phi) is 5.64. The summed E-state index contributed by atoms with van der Waals surface area (Å²) in [4.78, 5) is 27.0. The first kappa shape index (κ1) is 19.5. The number of thiophene rings is 1. The van der Waals surface area contributed by atoms with Crippen LogP contribution < -0.4 is 10.2 Å². The van der Waals surface area contributed by atoms with Crippen molar-refractivity contribution < 1.29 is 18.0 Å². The first-order valence-electron chi connectivity index (χ1n) is 8.43. The molecule has 1 aromatic heterocycles. The highest BCUT2D eigenvalue weighted by Gasteiger charge is 2.35. The number of para-hydroxylation sites is 1. The number of carbonyl (C=O) groups excluding carboxylic acids is 2. The number of nitrogens with one attached hydrogen (secondary N) is 1. The summed E-state index contributed by atoms with van der Waals surface area (Å²) in [5.41, 5.74) is 0.787. The van der Waals surface area contributed by atoms with E-state index in [1.165, 1.54) is 20.2 Å². The van der Waals surface area contributed by atoms with Gasteiger partial charge in [0.25, 0.3) is 10.0 Å². The van der Waals surface area contributed by atoms with Gasteiger partial charge in [0, 0.05) is 37.6 Å². The van der Waals surface area contributed by atoms with Crippen molar-refractivity contribution in [2.75, 3.05) is 25.5 Å². The molecule has 9 heteroatoms. The van der Waals surface area contributed by atoms with E-state index in [2.05, 4.69) is 5.32 Å². The lowest BCUT2D eigenvalue weighted by Crippen LogP contribution is -2.32. The van der Waals surface area contributed by atoms with Crippen molar-refractivity contribution in [2.24, 2.45) is 5.92 Å². The maximum absolute atomic E-state index is 12.4. The average molecular weight is 408 g/mol. The first-order chi connectivity index (χ1) is 12.8. The smallest absolute Gasteiger partial charge is 0.252 e. The van der Waals surface area contributed by atoms with E-state index in [4.69, 9.17) is 0 Å². The van der Waals surface area contributed by atoms with Gasteiger partial charge in [-0.15, -0.1) is 11.3 Å². The Morgan fingerprint density at radius 2 is 1.93 bits per heavy atom. The predicted octanol–water partition coefficient (Wildman–Crippen LogP) is 1.67. The molecule has 1 saturated heterocycles. The van der Waals surface area contributed by atoms with Crippen LogP contribution in [-0.2, 0) is 26.2 Å². The molecule has 0 bridgehead atoms. The van der Waals surface area contributed by atoms with Gasteiger partial charge in [-0.25, -0.2) is 12.7 Å². The minimum Gasteiger partial charge on any atom is -0.351 e. The summed E-state index contributed by atoms with van der Waals surface area (Å²) in [5.74, 6) is -0.688. The van der Waals surface area contributed by atoms with Gasteiger partial charge in [0.15, 0.2) is 0 Å². The maximum Gasteiger partial charge on any atom is 0.252 e. The standard InChI is InChI=1S/C18H21N3O4S2/c1-20(2)27(24,25)17-9-8-15(26-17)11-19-18(23)13-10-16(22)21(12-13)14-6-4-3-5-7-14/h3-9,13H,10-12H2,1-2H3,(H,19,23)/t13-/m0/s1. The quantitative estimate of drug-likeness (QED) is 0.789. The van der Waals surface area contributed by atoms with Gasteiger partial charge >= 0.3 is 0 Å². The number of hydrogen-bond donors (Lipinski definition) is 1. The van der Waals surface area contributed by atoms with Crippen molar-refractivity contribution in [2.45, 2.75) is 17.2 Å². The van der Waals surface area contributed by atoms with Crippen LogP contribution in [0.3, 0.4) is 0 Å². The molecule has 1 atom stereocenters. The van der Waals surface area contributed by atoms with Crippen LogP contribution >= 0.6 is 11.3 Å². The molecule has 1 aliphatic heterocycles. The molecule has 2 aromatic rings. The van der Waals surface area contributed by atoms with Gasteiger partial charge in [-0.3, -0.25) is 9.59 Å². The van der Waals surface area contributed by atoms with Crippen LogP contribution in [0.25, 0.3) is 0 Å². The molecule has 7 nitrogen and oxygen atoms in total. The van der Waals surface area contributed by atoms with E-state index >= 15 is 0 Å². The molecule has 1 aromatic carbocycles. The minimum absolute atomic E-state index is 0.0724. The lowest BCUT2D eigenvalue weighted by atomic mass is 10.1. The fraction of sp³-hybridized carbons (Fsp3) is 0.333. The monoisotopic (exact) mass is 407 g/mol. The van der Waals surface area contributed by atoms with Gasteiger partial charge in [-0.1, -0.05) is 18.2 Å². The van der Waals surface area contributed by atoms with E-state index in [1.54, 1.807) is 11.0 Å². The molecule has 2 amide bonds. The van der Waals surface area contributed by atoms with Crippen LogP contribution in [0.2, 0.25) is 0 Å². The third-order valence-electron chi connectivity index (χ3n) is 4.37. The average Bonchev–Trinajstić information content (AvgIpc) is 3.27. The summed E-state index contributed by atoms with van der Waals surface area (Å²) < 4.78 is 25.6. The van der Waals surface area contributed by atoms with Crippen LogP contribution in [0.1, 0.15) is 11.3 Å². The second kappa shape index (κ2) is 7.79. The van der Waals surface area contributed by atoms with E-state index in [9.17, 15) is 18.0 Å². The molecule has 0 radical (unpaired) electrons. The van der Waals surface area contributed by atoms with Gasteiger partial charge in [-0.05, 0) is 24.3 Å². The highest BCUT2D eigenvalue weighted by atomic mass is 32.2. The molecule has 0 saturated carbocycles. The molecule has 1 aliphatic rings. The Hall–Kier alpha value is -2.23. The normalized spacial score (nSPS) is 17.5. The second-order valence-corrected chi connectivity index (χ2v) is 10.0. The fourth-order valence-corrected chi connectivity index (χ4v) is 5.30. The summed E-state index contributed by atoms with van der Waals surface area (Å²) in [6, 6.07) is 12.5. The van der Waals surface area contributed by atoms with E-state index in [-0.39, 0.29) is 29.0 Å². The Morgan fingerprint density at radius 3 is 2.59 bits per heavy atom. The van der Waals surface area contributed by atoms with E-state index in [1.807, 2.05) is 30.3 Å². The van der Waals surface area contributed by atoms with Crippen LogP contribution in [0, 0.1) is 5.92 Å². The zero-order valence-corrected chi connectivity index (χ0v) is 16.7.